The second-order valence-electron chi connectivity index (χ2n) is 15.1. The van der Waals surface area contributed by atoms with Crippen LogP contribution in [0.4, 0.5) is 5.69 Å². The lowest BCUT2D eigenvalue weighted by atomic mass is 9.72. The van der Waals surface area contributed by atoms with Crippen molar-refractivity contribution in [3.8, 4) is 39.8 Å². The molecule has 6 aromatic rings. The summed E-state index contributed by atoms with van der Waals surface area (Å²) in [7, 11) is 0. The molecule has 3 aromatic carbocycles. The number of oxazole rings is 2. The van der Waals surface area contributed by atoms with Crippen molar-refractivity contribution in [1.29, 1.82) is 0 Å². The van der Waals surface area contributed by atoms with E-state index in [9.17, 15) is 14.7 Å². The number of para-hydroxylation sites is 1. The average molecular weight is 810 g/mol. The molecule has 274 valence electrons. The third-order valence-electron chi connectivity index (χ3n) is 11.2. The third-order valence-corrected chi connectivity index (χ3v) is 12.0. The van der Waals surface area contributed by atoms with Gasteiger partial charge >= 0.3 is 0 Å². The van der Waals surface area contributed by atoms with E-state index in [-0.39, 0.29) is 30.0 Å². The topological polar surface area (TPSA) is 168 Å². The molecule has 12 nitrogen and oxygen atoms in total. The first kappa shape index (κ1) is 33.5. The minimum atomic E-state index is -1.29. The molecule has 1 spiro atoms. The van der Waals surface area contributed by atoms with Crippen LogP contribution < -0.4 is 20.7 Å². The predicted molar refractivity (Wildman–Crippen MR) is 204 cm³/mol. The number of hydrogen-bond donors (Lipinski definition) is 5. The number of halogens is 2. The van der Waals surface area contributed by atoms with Gasteiger partial charge in [0.15, 0.2) is 28.0 Å². The summed E-state index contributed by atoms with van der Waals surface area (Å²) in [6, 6.07) is 16.2. The Hall–Kier alpha value is -5.11. The molecule has 0 radical (unpaired) electrons. The van der Waals surface area contributed by atoms with Crippen molar-refractivity contribution in [3.63, 3.8) is 0 Å². The van der Waals surface area contributed by atoms with Crippen LogP contribution in [0.1, 0.15) is 62.1 Å². The average Bonchev–Trinajstić information content (AvgIpc) is 3.94. The van der Waals surface area contributed by atoms with E-state index >= 15 is 0 Å². The van der Waals surface area contributed by atoms with Crippen LogP contribution in [0, 0.1) is 11.8 Å². The number of amides is 2. The van der Waals surface area contributed by atoms with Gasteiger partial charge in [0.05, 0.1) is 5.56 Å². The van der Waals surface area contributed by atoms with E-state index in [0.29, 0.717) is 38.3 Å². The number of carbonyl (C=O) groups is 2. The highest BCUT2D eigenvalue weighted by molar-refractivity contribution is 9.10. The number of aromatic amines is 1. The first-order valence-corrected chi connectivity index (χ1v) is 19.1. The summed E-state index contributed by atoms with van der Waals surface area (Å²) in [5.41, 5.74) is 5.84. The van der Waals surface area contributed by atoms with Crippen LogP contribution in [-0.2, 0) is 21.4 Å². The number of fused-ring (bicyclic) bond motifs is 7. The number of aliphatic hydroxyl groups is 1. The Morgan fingerprint density at radius 2 is 1.83 bits per heavy atom. The van der Waals surface area contributed by atoms with Gasteiger partial charge in [0, 0.05) is 39.7 Å². The Kier molecular flexibility index (Phi) is 7.25. The molecule has 7 heterocycles. The van der Waals surface area contributed by atoms with Crippen LogP contribution in [0.2, 0.25) is 5.15 Å². The number of nitrogens with one attached hydrogen (secondary N) is 4. The van der Waals surface area contributed by atoms with Crippen molar-refractivity contribution in [1.82, 2.24) is 25.6 Å². The van der Waals surface area contributed by atoms with Gasteiger partial charge in [-0.05, 0) is 51.0 Å². The van der Waals surface area contributed by atoms with E-state index in [4.69, 9.17) is 35.1 Å². The molecule has 5 atom stereocenters. The molecular weight excluding hydrogens is 776 g/mol. The molecule has 2 amide bonds. The number of anilines is 1. The number of nitrogens with zero attached hydrogens (tertiary/aromatic N) is 2. The maximum Gasteiger partial charge on any atom is 0.250 e. The summed E-state index contributed by atoms with van der Waals surface area (Å²) in [4.78, 5) is 40.8. The lowest BCUT2D eigenvalue weighted by molar-refractivity contribution is -0.135. The lowest BCUT2D eigenvalue weighted by Gasteiger charge is -2.29. The van der Waals surface area contributed by atoms with Gasteiger partial charge in [-0.2, -0.15) is 0 Å². The molecule has 10 bridgehead atoms. The van der Waals surface area contributed by atoms with E-state index in [0.717, 1.165) is 44.4 Å². The zero-order valence-corrected chi connectivity index (χ0v) is 31.8. The van der Waals surface area contributed by atoms with Gasteiger partial charge in [0.1, 0.15) is 34.5 Å². The van der Waals surface area contributed by atoms with Gasteiger partial charge in [-0.25, -0.2) is 9.97 Å². The minimum Gasteiger partial charge on any atom is -0.469 e. The standard InChI is InChI=1S/C40H34BrClN6O6/c1-15(2)27-37-46-29-32(54-37)40-20-9-5-8-19(18-7-6-10-22-25(18)26(34(42)43-22)31-33(41)48-38(29)53-31)28(20)47-39(40)52-24-12-11-17(13-21(24)40)14-23(35(50)45-27)44-36(51)30(49)16(3)4/h5-13,15-16,23,27,30,39,43,47,49H,14H2,1-4H3,(H,44,51)(H,45,50)/t23?,27-,30-,39?,40?/m0/s1. The number of hydrogen-bond acceptors (Lipinski definition) is 9. The third kappa shape index (κ3) is 4.51. The highest BCUT2D eigenvalue weighted by Crippen LogP contribution is 2.62. The first-order chi connectivity index (χ1) is 25.9. The quantitative estimate of drug-likeness (QED) is 0.124. The zero-order chi connectivity index (χ0) is 37.4. The Morgan fingerprint density at radius 1 is 1.04 bits per heavy atom. The van der Waals surface area contributed by atoms with Crippen LogP contribution in [0.15, 0.2) is 68.0 Å². The second kappa shape index (κ2) is 11.7. The summed E-state index contributed by atoms with van der Waals surface area (Å²) in [5.74, 6) is 0.266. The largest absolute Gasteiger partial charge is 0.469 e. The lowest BCUT2D eigenvalue weighted by Crippen LogP contribution is -2.52. The fraction of sp³-hybridized carbons (Fsp3) is 0.300. The molecule has 0 aliphatic carbocycles. The monoisotopic (exact) mass is 808 g/mol. The predicted octanol–water partition coefficient (Wildman–Crippen LogP) is 7.22. The van der Waals surface area contributed by atoms with E-state index in [1.165, 1.54) is 0 Å². The van der Waals surface area contributed by atoms with Crippen LogP contribution in [0.25, 0.3) is 44.9 Å². The van der Waals surface area contributed by atoms with E-state index in [2.05, 4.69) is 55.1 Å². The van der Waals surface area contributed by atoms with Crippen molar-refractivity contribution >= 4 is 55.9 Å². The molecule has 54 heavy (non-hydrogen) atoms. The molecule has 3 aromatic heterocycles. The Labute approximate surface area is 322 Å². The number of carbonyl (C=O) groups excluding carboxylic acids is 2. The van der Waals surface area contributed by atoms with Gasteiger partial charge in [0.2, 0.25) is 17.7 Å². The van der Waals surface area contributed by atoms with Crippen molar-refractivity contribution in [3.05, 3.63) is 92.7 Å². The van der Waals surface area contributed by atoms with Gasteiger partial charge in [-0.1, -0.05) is 81.8 Å². The number of benzene rings is 3. The van der Waals surface area contributed by atoms with Gasteiger partial charge < -0.3 is 39.6 Å². The number of rotatable bonds is 4. The molecule has 10 rings (SSSR count). The highest BCUT2D eigenvalue weighted by Gasteiger charge is 2.61. The van der Waals surface area contributed by atoms with Gasteiger partial charge in [-0.15, -0.1) is 0 Å². The number of aromatic nitrogens is 3. The maximum absolute atomic E-state index is 14.2. The minimum absolute atomic E-state index is 0.149. The maximum atomic E-state index is 14.2. The number of ether oxygens (including phenoxy) is 1. The Bertz CT molecular complexity index is 2590. The second-order valence-corrected chi connectivity index (χ2v) is 16.2. The summed E-state index contributed by atoms with van der Waals surface area (Å²) in [6.45, 7) is 7.40. The molecule has 5 N–H and O–H groups in total. The van der Waals surface area contributed by atoms with Crippen LogP contribution in [0.3, 0.4) is 0 Å². The fourth-order valence-electron chi connectivity index (χ4n) is 8.52. The SMILES string of the molecule is CC(C)[C@H](O)C(=O)NC1Cc2ccc3c(c2)C24c5cccc(c5NC2O3)-c2cccc3[nH]c(Cl)c(c23)-c2oc(nc2Br)-c2nc(oc24)[C@H](C(C)C)NC1=O. The van der Waals surface area contributed by atoms with Crippen LogP contribution in [0.5, 0.6) is 5.75 Å². The molecule has 4 aliphatic heterocycles. The molecular formula is C40H34BrClN6O6. The van der Waals surface area contributed by atoms with Crippen molar-refractivity contribution in [2.24, 2.45) is 11.8 Å². The van der Waals surface area contributed by atoms with Crippen LogP contribution in [-0.4, -0.2) is 50.2 Å². The number of H-pyrrole nitrogens is 1. The van der Waals surface area contributed by atoms with Crippen molar-refractivity contribution in [2.75, 3.05) is 5.32 Å². The molecule has 0 fully saturated rings. The Morgan fingerprint density at radius 3 is 2.63 bits per heavy atom. The van der Waals surface area contributed by atoms with Crippen LogP contribution >= 0.6 is 27.5 Å². The van der Waals surface area contributed by atoms with E-state index < -0.39 is 41.6 Å². The first-order valence-electron chi connectivity index (χ1n) is 17.9. The zero-order valence-electron chi connectivity index (χ0n) is 29.5. The number of aliphatic hydroxyl groups excluding tert-OH is 1. The van der Waals surface area contributed by atoms with Gasteiger partial charge in [-0.3, -0.25) is 9.59 Å². The molecule has 4 aliphatic rings. The van der Waals surface area contributed by atoms with Crippen molar-refractivity contribution in [2.45, 2.75) is 63.9 Å². The molecule has 3 unspecified atom stereocenters. The molecule has 0 saturated heterocycles. The summed E-state index contributed by atoms with van der Waals surface area (Å²) >= 11 is 10.6. The van der Waals surface area contributed by atoms with Gasteiger partial charge in [0.25, 0.3) is 5.89 Å². The Balaban J connectivity index is 1.30. The smallest absolute Gasteiger partial charge is 0.250 e. The van der Waals surface area contributed by atoms with Crippen molar-refractivity contribution < 1.29 is 28.3 Å². The van der Waals surface area contributed by atoms with E-state index in [1.807, 2.05) is 50.2 Å². The van der Waals surface area contributed by atoms with E-state index in [1.54, 1.807) is 13.8 Å². The summed E-state index contributed by atoms with van der Waals surface area (Å²) < 4.78 is 20.9. The highest BCUT2D eigenvalue weighted by atomic mass is 79.9. The molecule has 14 heteroatoms. The summed E-state index contributed by atoms with van der Waals surface area (Å²) in [6.07, 6.45) is -1.83. The summed E-state index contributed by atoms with van der Waals surface area (Å²) in [5, 5.41) is 21.6. The normalized spacial score (nSPS) is 22.2. The fourth-order valence-corrected chi connectivity index (χ4v) is 9.24. The molecule has 0 saturated carbocycles.